The molecule has 0 aliphatic rings. The van der Waals surface area contributed by atoms with Crippen molar-refractivity contribution in [3.63, 3.8) is 0 Å². The predicted octanol–water partition coefficient (Wildman–Crippen LogP) is 4.84. The van der Waals surface area contributed by atoms with Crippen LogP contribution in [0.4, 0.5) is 39.5 Å². The first kappa shape index (κ1) is 24.7. The summed E-state index contributed by atoms with van der Waals surface area (Å²) in [7, 11) is -7.20. The summed E-state index contributed by atoms with van der Waals surface area (Å²) in [5.74, 6) is -14.2. The second kappa shape index (κ2) is 7.84. The molecule has 3 nitrogen and oxygen atoms in total. The number of halogens is 9. The summed E-state index contributed by atoms with van der Waals surface area (Å²) in [4.78, 5) is 0.649. The Bertz CT molecular complexity index is 770. The van der Waals surface area contributed by atoms with Gasteiger partial charge in [-0.25, -0.2) is 0 Å². The Morgan fingerprint density at radius 1 is 0.821 bits per heavy atom. The average molecular weight is 465 g/mol. The summed E-state index contributed by atoms with van der Waals surface area (Å²) < 4.78 is 142. The smallest absolute Gasteiger partial charge is 0.378 e. The molecule has 0 saturated carbocycles. The summed E-state index contributed by atoms with van der Waals surface area (Å²) in [5.41, 5.74) is 0. The Morgan fingerprint density at radius 2 is 1.25 bits per heavy atom. The van der Waals surface area contributed by atoms with Crippen LogP contribution in [0.2, 0.25) is 0 Å². The average Bonchev–Trinajstić information content (AvgIpc) is 2.55. The number of hydrogen-bond acceptors (Lipinski definition) is 3. The zero-order chi connectivity index (χ0) is 22.2. The van der Waals surface area contributed by atoms with Gasteiger partial charge in [0.15, 0.2) is 4.90 Å². The molecule has 0 N–H and O–H groups in total. The zero-order valence-electron chi connectivity index (χ0n) is 14.2. The largest absolute Gasteiger partial charge is 0.460 e. The lowest BCUT2D eigenvalue weighted by molar-refractivity contribution is -0.382. The van der Waals surface area contributed by atoms with Gasteiger partial charge in [-0.05, 0) is 38.1 Å². The van der Waals surface area contributed by atoms with Crippen molar-refractivity contribution in [2.24, 2.45) is 0 Å². The first-order chi connectivity index (χ1) is 12.5. The van der Waals surface area contributed by atoms with Crippen LogP contribution in [-0.4, -0.2) is 43.2 Å². The van der Waals surface area contributed by atoms with Gasteiger partial charge in [-0.15, -0.1) is 0 Å². The standard InChI is InChI=1S/C14H14F9O3S2/c1-3-27(4-2)10-7-5-9(6-8-10)26-28(24,25)14(22,23)12(17,18)11(15,16)13(19,20)21/h5-8H,3-4H2,1-2H3/q+1. The van der Waals surface area contributed by atoms with Crippen molar-refractivity contribution in [2.75, 3.05) is 11.5 Å². The second-order valence-corrected chi connectivity index (χ2v) is 9.44. The minimum atomic E-state index is -7.33. The molecular weight excluding hydrogens is 451 g/mol. The SMILES string of the molecule is CC[S+](CC)c1ccc(OS(=O)(=O)C(F)(F)C(F)(F)C(F)(F)C(F)(F)F)cc1. The Hall–Kier alpha value is -1.31. The van der Waals surface area contributed by atoms with Gasteiger partial charge in [-0.2, -0.15) is 47.9 Å². The number of alkyl halides is 9. The van der Waals surface area contributed by atoms with Gasteiger partial charge in [0.2, 0.25) is 0 Å². The molecule has 0 atom stereocenters. The minimum absolute atomic E-state index is 0.283. The highest BCUT2D eigenvalue weighted by atomic mass is 32.2. The number of hydrogen-bond donors (Lipinski definition) is 0. The molecule has 0 amide bonds. The van der Waals surface area contributed by atoms with Crippen LogP contribution < -0.4 is 4.18 Å². The van der Waals surface area contributed by atoms with Crippen LogP contribution in [0.3, 0.4) is 0 Å². The van der Waals surface area contributed by atoms with E-state index in [1.165, 1.54) is 12.1 Å². The molecular formula is C14H14F9O3S2+. The van der Waals surface area contributed by atoms with E-state index in [1.54, 1.807) is 0 Å². The van der Waals surface area contributed by atoms with Gasteiger partial charge in [-0.3, -0.25) is 0 Å². The van der Waals surface area contributed by atoms with Gasteiger partial charge in [0.05, 0.1) is 0 Å². The first-order valence-electron chi connectivity index (χ1n) is 7.38. The normalized spacial score (nSPS) is 14.4. The molecule has 0 aliphatic carbocycles. The molecule has 0 radical (unpaired) electrons. The first-order valence-corrected chi connectivity index (χ1v) is 10.3. The third-order valence-corrected chi connectivity index (χ3v) is 7.12. The van der Waals surface area contributed by atoms with E-state index in [0.717, 1.165) is 12.1 Å². The molecule has 14 heteroatoms. The van der Waals surface area contributed by atoms with Gasteiger partial charge in [0.25, 0.3) is 0 Å². The topological polar surface area (TPSA) is 43.4 Å². The molecule has 0 bridgehead atoms. The van der Waals surface area contributed by atoms with Gasteiger partial charge in [-0.1, -0.05) is 0 Å². The van der Waals surface area contributed by atoms with E-state index in [1.807, 2.05) is 13.8 Å². The third-order valence-electron chi connectivity index (χ3n) is 3.49. The van der Waals surface area contributed by atoms with Crippen molar-refractivity contribution in [2.45, 2.75) is 42.0 Å². The van der Waals surface area contributed by atoms with E-state index >= 15 is 0 Å². The summed E-state index contributed by atoms with van der Waals surface area (Å²) in [6, 6.07) is 4.08. The van der Waals surface area contributed by atoms with Crippen molar-refractivity contribution in [1.29, 1.82) is 0 Å². The summed E-state index contributed by atoms with van der Waals surface area (Å²) in [6.07, 6.45) is -7.13. The van der Waals surface area contributed by atoms with Gasteiger partial charge >= 0.3 is 33.4 Å². The second-order valence-electron chi connectivity index (χ2n) is 5.24. The molecule has 28 heavy (non-hydrogen) atoms. The summed E-state index contributed by atoms with van der Waals surface area (Å²) in [6.45, 7) is 3.68. The minimum Gasteiger partial charge on any atom is -0.378 e. The van der Waals surface area contributed by atoms with Gasteiger partial charge in [0, 0.05) is 10.9 Å². The molecule has 0 aliphatic heterocycles. The maximum absolute atomic E-state index is 13.6. The molecule has 162 valence electrons. The van der Waals surface area contributed by atoms with Crippen LogP contribution in [0.25, 0.3) is 0 Å². The van der Waals surface area contributed by atoms with Crippen molar-refractivity contribution >= 4 is 21.0 Å². The maximum Gasteiger partial charge on any atom is 0.460 e. The number of rotatable bonds is 8. The van der Waals surface area contributed by atoms with Crippen molar-refractivity contribution < 1.29 is 52.1 Å². The Labute approximate surface area is 157 Å². The van der Waals surface area contributed by atoms with Crippen LogP contribution in [0.1, 0.15) is 13.8 Å². The van der Waals surface area contributed by atoms with Crippen molar-refractivity contribution in [3.8, 4) is 5.75 Å². The lowest BCUT2D eigenvalue weighted by Gasteiger charge is -2.32. The van der Waals surface area contributed by atoms with Crippen molar-refractivity contribution in [1.82, 2.24) is 0 Å². The van der Waals surface area contributed by atoms with E-state index < -0.39 is 39.1 Å². The lowest BCUT2D eigenvalue weighted by Crippen LogP contribution is -2.63. The zero-order valence-corrected chi connectivity index (χ0v) is 15.8. The Kier molecular flexibility index (Phi) is 6.92. The molecule has 0 heterocycles. The van der Waals surface area contributed by atoms with Crippen LogP contribution >= 0.6 is 0 Å². The Morgan fingerprint density at radius 3 is 1.61 bits per heavy atom. The summed E-state index contributed by atoms with van der Waals surface area (Å²) >= 11 is 0. The van der Waals surface area contributed by atoms with E-state index in [0.29, 0.717) is 16.4 Å². The molecule has 0 aromatic heterocycles. The maximum atomic E-state index is 13.6. The van der Waals surface area contributed by atoms with Crippen LogP contribution in [-0.2, 0) is 21.0 Å². The predicted molar refractivity (Wildman–Crippen MR) is 83.6 cm³/mol. The lowest BCUT2D eigenvalue weighted by atomic mass is 10.1. The van der Waals surface area contributed by atoms with Gasteiger partial charge < -0.3 is 4.18 Å². The third kappa shape index (κ3) is 4.16. The highest BCUT2D eigenvalue weighted by Crippen LogP contribution is 2.54. The van der Waals surface area contributed by atoms with Crippen LogP contribution in [0.15, 0.2) is 29.2 Å². The summed E-state index contributed by atoms with van der Waals surface area (Å²) in [5, 5.41) is -6.88. The molecule has 1 aromatic carbocycles. The molecule has 0 spiro atoms. The highest BCUT2D eigenvalue weighted by Gasteiger charge is 2.86. The van der Waals surface area contributed by atoms with E-state index in [9.17, 15) is 47.9 Å². The van der Waals surface area contributed by atoms with E-state index in [-0.39, 0.29) is 10.9 Å². The van der Waals surface area contributed by atoms with E-state index in [4.69, 9.17) is 0 Å². The Balaban J connectivity index is 3.24. The monoisotopic (exact) mass is 465 g/mol. The molecule has 1 rings (SSSR count). The molecule has 1 aromatic rings. The highest BCUT2D eigenvalue weighted by molar-refractivity contribution is 7.96. The van der Waals surface area contributed by atoms with Crippen molar-refractivity contribution in [3.05, 3.63) is 24.3 Å². The van der Waals surface area contributed by atoms with Gasteiger partial charge in [0.1, 0.15) is 17.3 Å². The molecule has 0 fully saturated rings. The van der Waals surface area contributed by atoms with Crippen LogP contribution in [0.5, 0.6) is 5.75 Å². The fourth-order valence-corrected chi connectivity index (χ4v) is 4.43. The molecule has 0 unspecified atom stereocenters. The fourth-order valence-electron chi connectivity index (χ4n) is 1.92. The number of benzene rings is 1. The quantitative estimate of drug-likeness (QED) is 0.314. The fraction of sp³-hybridized carbons (Fsp3) is 0.571. The van der Waals surface area contributed by atoms with E-state index in [2.05, 4.69) is 4.18 Å². The molecule has 0 saturated heterocycles. The van der Waals surface area contributed by atoms with Crippen LogP contribution in [0, 0.1) is 0 Å².